The minimum Gasteiger partial charge on any atom is -0.496 e. The number of nitrogens with zero attached hydrogens (tertiary/aromatic N) is 2. The van der Waals surface area contributed by atoms with Gasteiger partial charge in [0.2, 0.25) is 0 Å². The second-order valence-corrected chi connectivity index (χ2v) is 8.26. The fourth-order valence-corrected chi connectivity index (χ4v) is 4.14. The lowest BCUT2D eigenvalue weighted by Crippen LogP contribution is -2.26. The zero-order chi connectivity index (χ0) is 24.0. The molecule has 4 aromatic rings. The molecule has 1 amide bonds. The van der Waals surface area contributed by atoms with E-state index in [1.807, 2.05) is 72.8 Å². The number of benzene rings is 3. The Balaban J connectivity index is 1.35. The number of nitrogens with one attached hydrogen (secondary N) is 1. The number of hydrogen-bond acceptors (Lipinski definition) is 5. The third-order valence-electron chi connectivity index (χ3n) is 5.86. The van der Waals surface area contributed by atoms with Gasteiger partial charge >= 0.3 is 0 Å². The Morgan fingerprint density at radius 2 is 1.74 bits per heavy atom. The minimum absolute atomic E-state index is 0.178. The first-order chi connectivity index (χ1) is 17.2. The number of carbonyl (C=O) groups excluding carboxylic acids is 1. The molecular weight excluding hydrogens is 442 g/mol. The molecule has 1 aromatic heterocycles. The molecule has 1 N–H and O–H groups in total. The molecule has 178 valence electrons. The highest BCUT2D eigenvalue weighted by molar-refractivity contribution is 6.00. The molecule has 0 saturated heterocycles. The molecule has 35 heavy (non-hydrogen) atoms. The van der Waals surface area contributed by atoms with Crippen molar-refractivity contribution in [1.82, 2.24) is 15.1 Å². The van der Waals surface area contributed by atoms with Gasteiger partial charge in [-0.1, -0.05) is 48.5 Å². The monoisotopic (exact) mass is 469 g/mol. The molecule has 0 radical (unpaired) electrons. The zero-order valence-electron chi connectivity index (χ0n) is 19.6. The number of carbonyl (C=O) groups is 1. The predicted octanol–water partition coefficient (Wildman–Crippen LogP) is 4.35. The van der Waals surface area contributed by atoms with Crippen LogP contribution in [0, 0.1) is 0 Å². The van der Waals surface area contributed by atoms with Gasteiger partial charge in [0, 0.05) is 18.3 Å². The van der Waals surface area contributed by atoms with E-state index in [9.17, 15) is 4.79 Å². The Hall–Kier alpha value is -4.26. The van der Waals surface area contributed by atoms with Gasteiger partial charge in [0.05, 0.1) is 19.2 Å². The van der Waals surface area contributed by atoms with Gasteiger partial charge < -0.3 is 19.5 Å². The van der Waals surface area contributed by atoms with Crippen molar-refractivity contribution in [3.05, 3.63) is 95.7 Å². The Morgan fingerprint density at radius 1 is 0.971 bits per heavy atom. The third kappa shape index (κ3) is 5.14. The van der Waals surface area contributed by atoms with Crippen LogP contribution in [0.3, 0.4) is 0 Å². The van der Waals surface area contributed by atoms with Gasteiger partial charge in [0.1, 0.15) is 24.7 Å². The number of rotatable bonds is 8. The van der Waals surface area contributed by atoms with Gasteiger partial charge in [0.25, 0.3) is 5.91 Å². The molecule has 1 aliphatic rings. The lowest BCUT2D eigenvalue weighted by atomic mass is 10.1. The van der Waals surface area contributed by atoms with Crippen LogP contribution in [0.1, 0.15) is 21.5 Å². The smallest absolute Gasteiger partial charge is 0.255 e. The van der Waals surface area contributed by atoms with E-state index in [2.05, 4.69) is 5.32 Å². The molecule has 0 aliphatic carbocycles. The third-order valence-corrected chi connectivity index (χ3v) is 5.86. The summed E-state index contributed by atoms with van der Waals surface area (Å²) < 4.78 is 18.6. The zero-order valence-corrected chi connectivity index (χ0v) is 19.6. The fourth-order valence-electron chi connectivity index (χ4n) is 4.14. The number of para-hydroxylation sites is 1. The summed E-state index contributed by atoms with van der Waals surface area (Å²) in [6.07, 6.45) is 2.47. The largest absolute Gasteiger partial charge is 0.496 e. The van der Waals surface area contributed by atoms with Crippen molar-refractivity contribution in [2.45, 2.75) is 13.0 Å². The summed E-state index contributed by atoms with van der Waals surface area (Å²) >= 11 is 0. The molecule has 0 spiro atoms. The van der Waals surface area contributed by atoms with Crippen LogP contribution in [-0.4, -0.2) is 42.6 Å². The fraction of sp³-hybridized carbons (Fsp3) is 0.214. The molecule has 3 aromatic carbocycles. The molecule has 5 rings (SSSR count). The topological polar surface area (TPSA) is 74.6 Å². The summed E-state index contributed by atoms with van der Waals surface area (Å²) in [7, 11) is 1.62. The predicted molar refractivity (Wildman–Crippen MR) is 133 cm³/mol. The van der Waals surface area contributed by atoms with Crippen molar-refractivity contribution < 1.29 is 19.0 Å². The first-order valence-electron chi connectivity index (χ1n) is 11.6. The van der Waals surface area contributed by atoms with Crippen LogP contribution in [0.2, 0.25) is 0 Å². The van der Waals surface area contributed by atoms with E-state index in [0.717, 1.165) is 28.2 Å². The molecule has 0 atom stereocenters. The van der Waals surface area contributed by atoms with Crippen LogP contribution in [0.5, 0.6) is 17.2 Å². The van der Waals surface area contributed by atoms with Gasteiger partial charge in [-0.3, -0.25) is 9.48 Å². The molecule has 1 aliphatic heterocycles. The van der Waals surface area contributed by atoms with E-state index in [1.165, 1.54) is 0 Å². The van der Waals surface area contributed by atoms with Crippen molar-refractivity contribution in [3.63, 3.8) is 0 Å². The van der Waals surface area contributed by atoms with E-state index in [4.69, 9.17) is 19.3 Å². The molecule has 0 saturated carbocycles. The van der Waals surface area contributed by atoms with Gasteiger partial charge in [-0.2, -0.15) is 5.10 Å². The van der Waals surface area contributed by atoms with Crippen LogP contribution in [0.4, 0.5) is 0 Å². The minimum atomic E-state index is -0.178. The molecular formula is C28H27N3O4. The van der Waals surface area contributed by atoms with Gasteiger partial charge in [-0.25, -0.2) is 0 Å². The number of amides is 1. The van der Waals surface area contributed by atoms with Crippen molar-refractivity contribution in [1.29, 1.82) is 0 Å². The normalized spacial score (nSPS) is 12.3. The Kier molecular flexibility index (Phi) is 6.66. The summed E-state index contributed by atoms with van der Waals surface area (Å²) in [6, 6.07) is 23.5. The van der Waals surface area contributed by atoms with Crippen molar-refractivity contribution in [2.24, 2.45) is 0 Å². The maximum atomic E-state index is 13.3. The Bertz CT molecular complexity index is 1320. The number of hydrogen-bond donors (Lipinski definition) is 1. The first-order valence-corrected chi connectivity index (χ1v) is 11.6. The summed E-state index contributed by atoms with van der Waals surface area (Å²) in [5.74, 6) is 2.00. The van der Waals surface area contributed by atoms with E-state index < -0.39 is 0 Å². The molecule has 7 heteroatoms. The summed E-state index contributed by atoms with van der Waals surface area (Å²) in [4.78, 5) is 13.3. The maximum absolute atomic E-state index is 13.3. The number of ether oxygens (including phenoxy) is 3. The van der Waals surface area contributed by atoms with E-state index in [1.54, 1.807) is 18.0 Å². The van der Waals surface area contributed by atoms with Crippen LogP contribution < -0.4 is 19.5 Å². The van der Waals surface area contributed by atoms with Gasteiger partial charge in [0.15, 0.2) is 11.5 Å². The van der Waals surface area contributed by atoms with Crippen LogP contribution in [0.25, 0.3) is 11.3 Å². The number of fused-ring (bicyclic) bond motifs is 1. The highest BCUT2D eigenvalue weighted by Crippen LogP contribution is 2.32. The SMILES string of the molecule is COc1ccccc1-c1nn(Cc2ccccc2)cc1C(=O)NCCc1ccc2c(c1)OCCO2. The standard InChI is InChI=1S/C28H27N3O4/c1-33-24-10-6-5-9-22(24)27-23(19-31(30-27)18-21-7-3-2-4-8-21)28(32)29-14-13-20-11-12-25-26(17-20)35-16-15-34-25/h2-12,17,19H,13-16,18H2,1H3,(H,29,32). The van der Waals surface area contributed by atoms with E-state index in [-0.39, 0.29) is 5.91 Å². The molecule has 0 fully saturated rings. The summed E-state index contributed by atoms with van der Waals surface area (Å²) in [5.41, 5.74) is 4.05. The lowest BCUT2D eigenvalue weighted by molar-refractivity contribution is 0.0954. The van der Waals surface area contributed by atoms with Crippen LogP contribution in [0.15, 0.2) is 79.0 Å². The van der Waals surface area contributed by atoms with Crippen LogP contribution >= 0.6 is 0 Å². The maximum Gasteiger partial charge on any atom is 0.255 e. The van der Waals surface area contributed by atoms with Gasteiger partial charge in [-0.15, -0.1) is 0 Å². The van der Waals surface area contributed by atoms with Crippen LogP contribution in [-0.2, 0) is 13.0 Å². The molecule has 0 unspecified atom stereocenters. The molecule has 0 bridgehead atoms. The second-order valence-electron chi connectivity index (χ2n) is 8.26. The second kappa shape index (κ2) is 10.3. The highest BCUT2D eigenvalue weighted by Gasteiger charge is 2.20. The van der Waals surface area contributed by atoms with Crippen molar-refractivity contribution in [3.8, 4) is 28.5 Å². The van der Waals surface area contributed by atoms with E-state index in [0.29, 0.717) is 49.7 Å². The van der Waals surface area contributed by atoms with E-state index >= 15 is 0 Å². The Morgan fingerprint density at radius 3 is 2.57 bits per heavy atom. The average molecular weight is 470 g/mol. The quantitative estimate of drug-likeness (QED) is 0.415. The molecule has 2 heterocycles. The average Bonchev–Trinajstić information content (AvgIpc) is 3.32. The first kappa shape index (κ1) is 22.5. The van der Waals surface area contributed by atoms with Crippen molar-refractivity contribution in [2.75, 3.05) is 26.9 Å². The van der Waals surface area contributed by atoms with Crippen molar-refractivity contribution >= 4 is 5.91 Å². The molecule has 7 nitrogen and oxygen atoms in total. The summed E-state index contributed by atoms with van der Waals surface area (Å²) in [6.45, 7) is 2.15. The lowest BCUT2D eigenvalue weighted by Gasteiger charge is -2.18. The highest BCUT2D eigenvalue weighted by atomic mass is 16.6. The number of aromatic nitrogens is 2. The summed E-state index contributed by atoms with van der Waals surface area (Å²) in [5, 5.41) is 7.81. The number of methoxy groups -OCH3 is 1. The Labute approximate surface area is 204 Å². The van der Waals surface area contributed by atoms with Gasteiger partial charge in [-0.05, 0) is 41.8 Å².